The second-order valence-corrected chi connectivity index (χ2v) is 8.16. The van der Waals surface area contributed by atoms with E-state index in [4.69, 9.17) is 12.2 Å². The number of hydrogen-bond acceptors (Lipinski definition) is 2. The highest BCUT2D eigenvalue weighted by molar-refractivity contribution is 7.80. The Kier molecular flexibility index (Phi) is 8.37. The minimum absolute atomic E-state index is 0.0528. The first-order chi connectivity index (χ1) is 10.3. The molecule has 3 nitrogen and oxygen atoms in total. The summed E-state index contributed by atoms with van der Waals surface area (Å²) in [6.07, 6.45) is 9.84. The molecule has 0 heterocycles. The lowest BCUT2D eigenvalue weighted by Gasteiger charge is -2.37. The number of thiocarbonyl (C=S) groups is 1. The Hall–Kier alpha value is -0.640. The number of hydrogen-bond donors (Lipinski definition) is 2. The molecule has 1 aliphatic carbocycles. The van der Waals surface area contributed by atoms with Crippen molar-refractivity contribution >= 4 is 23.2 Å². The molecule has 4 heteroatoms. The summed E-state index contributed by atoms with van der Waals surface area (Å²) in [5.74, 6) is 0.851. The first-order valence-electron chi connectivity index (χ1n) is 8.93. The van der Waals surface area contributed by atoms with E-state index in [1.165, 1.54) is 25.7 Å². The van der Waals surface area contributed by atoms with Crippen LogP contribution in [-0.2, 0) is 4.79 Å². The fourth-order valence-corrected chi connectivity index (χ4v) is 3.51. The molecule has 0 bridgehead atoms. The van der Waals surface area contributed by atoms with Crippen molar-refractivity contribution in [3.05, 3.63) is 0 Å². The molecule has 128 valence electrons. The van der Waals surface area contributed by atoms with Gasteiger partial charge in [0.2, 0.25) is 5.91 Å². The quantitative estimate of drug-likeness (QED) is 0.555. The average Bonchev–Trinajstić information content (AvgIpc) is 2.43. The number of rotatable bonds is 6. The van der Waals surface area contributed by atoms with E-state index in [0.717, 1.165) is 31.6 Å². The number of nitrogens with one attached hydrogen (secondary N) is 2. The van der Waals surface area contributed by atoms with Crippen LogP contribution < -0.4 is 10.6 Å². The predicted octanol–water partition coefficient (Wildman–Crippen LogP) is 4.55. The van der Waals surface area contributed by atoms with E-state index in [0.29, 0.717) is 23.0 Å². The molecule has 0 atom stereocenters. The molecule has 22 heavy (non-hydrogen) atoms. The summed E-state index contributed by atoms with van der Waals surface area (Å²) in [6, 6.07) is 0.423. The standard InChI is InChI=1S/C18H34N2OS/c1-5-6-7-8-9-16(21)20-17(22)19-15-12-10-14(11-13-15)18(2,3)4/h14-15H,5-13H2,1-4H3,(H2,19,20,21,22). The monoisotopic (exact) mass is 326 g/mol. The lowest BCUT2D eigenvalue weighted by molar-refractivity contribution is -0.119. The Morgan fingerprint density at radius 2 is 1.73 bits per heavy atom. The van der Waals surface area contributed by atoms with Crippen LogP contribution >= 0.6 is 12.2 Å². The molecule has 1 fully saturated rings. The molecule has 1 amide bonds. The fourth-order valence-electron chi connectivity index (χ4n) is 3.23. The topological polar surface area (TPSA) is 41.1 Å². The molecular weight excluding hydrogens is 292 g/mol. The van der Waals surface area contributed by atoms with Gasteiger partial charge in [-0.3, -0.25) is 4.79 Å². The Bertz CT molecular complexity index is 355. The molecule has 2 N–H and O–H groups in total. The SMILES string of the molecule is CCCCCCC(=O)NC(=S)NC1CCC(C(C)(C)C)CC1. The van der Waals surface area contributed by atoms with E-state index in [1.807, 2.05) is 0 Å². The van der Waals surface area contributed by atoms with E-state index in [1.54, 1.807) is 0 Å². The van der Waals surface area contributed by atoms with E-state index in [-0.39, 0.29) is 5.91 Å². The summed E-state index contributed by atoms with van der Waals surface area (Å²) in [7, 11) is 0. The maximum atomic E-state index is 11.8. The van der Waals surface area contributed by atoms with Crippen LogP contribution in [0.25, 0.3) is 0 Å². The molecule has 0 aromatic heterocycles. The summed E-state index contributed by atoms with van der Waals surface area (Å²) in [6.45, 7) is 9.16. The summed E-state index contributed by atoms with van der Waals surface area (Å²) >= 11 is 5.27. The van der Waals surface area contributed by atoms with Gasteiger partial charge in [-0.25, -0.2) is 0 Å². The summed E-state index contributed by atoms with van der Waals surface area (Å²) in [5, 5.41) is 6.66. The number of carbonyl (C=O) groups excluding carboxylic acids is 1. The molecule has 0 saturated heterocycles. The zero-order valence-corrected chi connectivity index (χ0v) is 15.7. The van der Waals surface area contributed by atoms with Gasteiger partial charge >= 0.3 is 0 Å². The van der Waals surface area contributed by atoms with Crippen molar-refractivity contribution in [3.8, 4) is 0 Å². The van der Waals surface area contributed by atoms with E-state index < -0.39 is 0 Å². The van der Waals surface area contributed by atoms with Crippen LogP contribution in [0.2, 0.25) is 0 Å². The first-order valence-corrected chi connectivity index (χ1v) is 9.34. The van der Waals surface area contributed by atoms with Crippen molar-refractivity contribution in [3.63, 3.8) is 0 Å². The zero-order chi connectivity index (χ0) is 16.6. The third-order valence-corrected chi connectivity index (χ3v) is 5.02. The van der Waals surface area contributed by atoms with E-state index in [2.05, 4.69) is 38.3 Å². The van der Waals surface area contributed by atoms with Gasteiger partial charge in [-0.15, -0.1) is 0 Å². The van der Waals surface area contributed by atoms with Crippen LogP contribution in [0.4, 0.5) is 0 Å². The van der Waals surface area contributed by atoms with Crippen LogP contribution in [0.1, 0.15) is 85.5 Å². The van der Waals surface area contributed by atoms with Crippen LogP contribution in [-0.4, -0.2) is 17.1 Å². The molecule has 0 spiro atoms. The van der Waals surface area contributed by atoms with Crippen molar-refractivity contribution in [2.45, 2.75) is 91.5 Å². The number of unbranched alkanes of at least 4 members (excludes halogenated alkanes) is 3. The van der Waals surface area contributed by atoms with Crippen LogP contribution in [0.3, 0.4) is 0 Å². The van der Waals surface area contributed by atoms with Gasteiger partial charge in [0, 0.05) is 12.5 Å². The highest BCUT2D eigenvalue weighted by Gasteiger charge is 2.29. The van der Waals surface area contributed by atoms with Gasteiger partial charge in [0.25, 0.3) is 0 Å². The lowest BCUT2D eigenvalue weighted by atomic mass is 9.71. The summed E-state index contributed by atoms with van der Waals surface area (Å²) in [4.78, 5) is 11.8. The third kappa shape index (κ3) is 7.57. The molecule has 1 aliphatic rings. The normalized spacial score (nSPS) is 22.2. The molecule has 0 aliphatic heterocycles. The van der Waals surface area contributed by atoms with Gasteiger partial charge in [-0.2, -0.15) is 0 Å². The molecule has 0 aromatic rings. The fraction of sp³-hybridized carbons (Fsp3) is 0.889. The minimum Gasteiger partial charge on any atom is -0.360 e. The largest absolute Gasteiger partial charge is 0.360 e. The highest BCUT2D eigenvalue weighted by Crippen LogP contribution is 2.37. The third-order valence-electron chi connectivity index (χ3n) is 4.80. The Labute approximate surface area is 142 Å². The highest BCUT2D eigenvalue weighted by atomic mass is 32.1. The Balaban J connectivity index is 2.19. The second-order valence-electron chi connectivity index (χ2n) is 7.75. The minimum atomic E-state index is 0.0528. The van der Waals surface area contributed by atoms with Gasteiger partial charge in [0.05, 0.1) is 0 Å². The average molecular weight is 327 g/mol. The van der Waals surface area contributed by atoms with Gasteiger partial charge < -0.3 is 10.6 Å². The predicted molar refractivity (Wildman–Crippen MR) is 97.8 cm³/mol. The Morgan fingerprint density at radius 1 is 1.09 bits per heavy atom. The van der Waals surface area contributed by atoms with Crippen molar-refractivity contribution < 1.29 is 4.79 Å². The van der Waals surface area contributed by atoms with E-state index >= 15 is 0 Å². The summed E-state index contributed by atoms with van der Waals surface area (Å²) < 4.78 is 0. The van der Waals surface area contributed by atoms with Gasteiger partial charge in [0.1, 0.15) is 0 Å². The Morgan fingerprint density at radius 3 is 2.27 bits per heavy atom. The molecule has 0 radical (unpaired) electrons. The van der Waals surface area contributed by atoms with Gasteiger partial charge in [-0.1, -0.05) is 47.0 Å². The zero-order valence-electron chi connectivity index (χ0n) is 14.8. The number of carbonyl (C=O) groups is 1. The lowest BCUT2D eigenvalue weighted by Crippen LogP contribution is -2.46. The van der Waals surface area contributed by atoms with Crippen LogP contribution in [0, 0.1) is 11.3 Å². The van der Waals surface area contributed by atoms with Crippen molar-refractivity contribution in [1.29, 1.82) is 0 Å². The maximum absolute atomic E-state index is 11.8. The number of amides is 1. The first kappa shape index (κ1) is 19.4. The molecule has 1 rings (SSSR count). The smallest absolute Gasteiger partial charge is 0.226 e. The molecular formula is C18H34N2OS. The van der Waals surface area contributed by atoms with E-state index in [9.17, 15) is 4.79 Å². The van der Waals surface area contributed by atoms with Crippen LogP contribution in [0.5, 0.6) is 0 Å². The molecule has 0 aromatic carbocycles. The molecule has 1 saturated carbocycles. The van der Waals surface area contributed by atoms with Gasteiger partial charge in [0.15, 0.2) is 5.11 Å². The molecule has 0 unspecified atom stereocenters. The van der Waals surface area contributed by atoms with Crippen LogP contribution in [0.15, 0.2) is 0 Å². The maximum Gasteiger partial charge on any atom is 0.226 e. The summed E-state index contributed by atoms with van der Waals surface area (Å²) in [5.41, 5.74) is 0.401. The van der Waals surface area contributed by atoms with Crippen molar-refractivity contribution in [2.24, 2.45) is 11.3 Å². The van der Waals surface area contributed by atoms with Crippen molar-refractivity contribution in [1.82, 2.24) is 10.6 Å². The van der Waals surface area contributed by atoms with Crippen molar-refractivity contribution in [2.75, 3.05) is 0 Å². The van der Waals surface area contributed by atoms with Gasteiger partial charge in [-0.05, 0) is 55.7 Å². The second kappa shape index (κ2) is 9.49.